The Morgan fingerprint density at radius 3 is 2.77 bits per heavy atom. The molecular formula is C16H23N5O. The zero-order valence-electron chi connectivity index (χ0n) is 13.5. The number of nitriles is 1. The van der Waals surface area contributed by atoms with E-state index in [0.717, 1.165) is 43.5 Å². The van der Waals surface area contributed by atoms with E-state index in [0.29, 0.717) is 17.9 Å². The number of carbonyl (C=O) groups excluding carboxylic acids is 1. The van der Waals surface area contributed by atoms with E-state index >= 15 is 0 Å². The molecule has 2 heterocycles. The first-order valence-corrected chi connectivity index (χ1v) is 7.91. The maximum atomic E-state index is 11.3. The molecule has 2 rings (SSSR count). The van der Waals surface area contributed by atoms with Crippen LogP contribution >= 0.6 is 0 Å². The van der Waals surface area contributed by atoms with Gasteiger partial charge >= 0.3 is 0 Å². The Balaban J connectivity index is 2.32. The summed E-state index contributed by atoms with van der Waals surface area (Å²) in [6, 6.07) is 2.42. The van der Waals surface area contributed by atoms with Crippen molar-refractivity contribution in [2.75, 3.05) is 18.0 Å². The third-order valence-corrected chi connectivity index (χ3v) is 4.07. The van der Waals surface area contributed by atoms with Crippen LogP contribution in [0.5, 0.6) is 0 Å². The number of hydrogen-bond donors (Lipinski definition) is 1. The highest BCUT2D eigenvalue weighted by Gasteiger charge is 2.25. The maximum Gasteiger partial charge on any atom is 0.217 e. The number of hydrogen-bond acceptors (Lipinski definition) is 5. The van der Waals surface area contributed by atoms with Gasteiger partial charge in [0.05, 0.1) is 5.69 Å². The molecule has 22 heavy (non-hydrogen) atoms. The smallest absolute Gasteiger partial charge is 0.217 e. The molecule has 118 valence electrons. The largest absolute Gasteiger partial charge is 0.352 e. The summed E-state index contributed by atoms with van der Waals surface area (Å²) >= 11 is 0. The lowest BCUT2D eigenvalue weighted by Crippen LogP contribution is -2.47. The van der Waals surface area contributed by atoms with Gasteiger partial charge in [0.1, 0.15) is 11.6 Å². The molecule has 0 aromatic carbocycles. The van der Waals surface area contributed by atoms with E-state index in [1.807, 2.05) is 13.8 Å². The molecule has 1 fully saturated rings. The van der Waals surface area contributed by atoms with E-state index in [1.54, 1.807) is 0 Å². The van der Waals surface area contributed by atoms with Gasteiger partial charge in [0, 0.05) is 26.1 Å². The van der Waals surface area contributed by atoms with Crippen LogP contribution in [-0.4, -0.2) is 35.2 Å². The SMILES string of the molecule is CCc1nnc(N2CCCC(NC(C)=O)C2)c(C#N)c1CC. The molecule has 1 aliphatic rings. The van der Waals surface area contributed by atoms with Crippen LogP contribution < -0.4 is 10.2 Å². The van der Waals surface area contributed by atoms with Crippen molar-refractivity contribution in [3.8, 4) is 6.07 Å². The van der Waals surface area contributed by atoms with Gasteiger partial charge in [0.15, 0.2) is 5.82 Å². The molecule has 1 N–H and O–H groups in total. The fourth-order valence-corrected chi connectivity index (χ4v) is 3.08. The van der Waals surface area contributed by atoms with Gasteiger partial charge in [-0.25, -0.2) is 0 Å². The molecule has 0 bridgehead atoms. The Labute approximate surface area is 131 Å². The summed E-state index contributed by atoms with van der Waals surface area (Å²) in [4.78, 5) is 13.3. The monoisotopic (exact) mass is 301 g/mol. The number of nitrogens with one attached hydrogen (secondary N) is 1. The van der Waals surface area contributed by atoms with Crippen molar-refractivity contribution >= 4 is 11.7 Å². The molecule has 1 saturated heterocycles. The number of anilines is 1. The molecule has 1 aromatic heterocycles. The number of piperidine rings is 1. The number of carbonyl (C=O) groups is 1. The first kappa shape index (κ1) is 16.2. The zero-order valence-corrected chi connectivity index (χ0v) is 13.5. The quantitative estimate of drug-likeness (QED) is 0.913. The average Bonchev–Trinajstić information content (AvgIpc) is 2.52. The van der Waals surface area contributed by atoms with Gasteiger partial charge in [0.2, 0.25) is 5.91 Å². The Hall–Kier alpha value is -2.16. The molecule has 0 radical (unpaired) electrons. The van der Waals surface area contributed by atoms with E-state index < -0.39 is 0 Å². The summed E-state index contributed by atoms with van der Waals surface area (Å²) in [5.74, 6) is 0.639. The minimum atomic E-state index is -0.0194. The van der Waals surface area contributed by atoms with E-state index in [9.17, 15) is 10.1 Å². The van der Waals surface area contributed by atoms with Gasteiger partial charge in [-0.1, -0.05) is 13.8 Å². The summed E-state index contributed by atoms with van der Waals surface area (Å²) in [7, 11) is 0. The van der Waals surface area contributed by atoms with Gasteiger partial charge in [-0.15, -0.1) is 5.10 Å². The number of aryl methyl sites for hydroxylation is 1. The molecule has 1 amide bonds. The fourth-order valence-electron chi connectivity index (χ4n) is 3.08. The average molecular weight is 301 g/mol. The van der Waals surface area contributed by atoms with Crippen molar-refractivity contribution < 1.29 is 4.79 Å². The van der Waals surface area contributed by atoms with Crippen molar-refractivity contribution in [2.24, 2.45) is 0 Å². The van der Waals surface area contributed by atoms with E-state index in [2.05, 4.69) is 26.5 Å². The van der Waals surface area contributed by atoms with Crippen molar-refractivity contribution in [1.29, 1.82) is 5.26 Å². The second-order valence-electron chi connectivity index (χ2n) is 5.63. The summed E-state index contributed by atoms with van der Waals surface area (Å²) in [6.45, 7) is 7.12. The standard InChI is InChI=1S/C16H23N5O/c1-4-13-14(9-17)16(20-19-15(13)5-2)21-8-6-7-12(10-21)18-11(3)22/h12H,4-8,10H2,1-3H3,(H,18,22). The number of nitrogens with zero attached hydrogens (tertiary/aromatic N) is 4. The van der Waals surface area contributed by atoms with Crippen LogP contribution in [0.25, 0.3) is 0 Å². The minimum absolute atomic E-state index is 0.0194. The van der Waals surface area contributed by atoms with Crippen molar-refractivity contribution in [3.63, 3.8) is 0 Å². The maximum absolute atomic E-state index is 11.3. The normalized spacial score (nSPS) is 17.9. The molecule has 6 heteroatoms. The Morgan fingerprint density at radius 2 is 2.18 bits per heavy atom. The van der Waals surface area contributed by atoms with Crippen LogP contribution in [0.4, 0.5) is 5.82 Å². The van der Waals surface area contributed by atoms with Gasteiger partial charge in [0.25, 0.3) is 0 Å². The molecule has 1 unspecified atom stereocenters. The Morgan fingerprint density at radius 1 is 1.41 bits per heavy atom. The lowest BCUT2D eigenvalue weighted by atomic mass is 10.0. The molecule has 1 aliphatic heterocycles. The highest BCUT2D eigenvalue weighted by Crippen LogP contribution is 2.25. The molecule has 1 aromatic rings. The first-order valence-electron chi connectivity index (χ1n) is 7.91. The first-order chi connectivity index (χ1) is 10.6. The van der Waals surface area contributed by atoms with Crippen LogP contribution in [0.2, 0.25) is 0 Å². The van der Waals surface area contributed by atoms with Crippen molar-refractivity contribution in [2.45, 2.75) is 52.5 Å². The van der Waals surface area contributed by atoms with Crippen molar-refractivity contribution in [1.82, 2.24) is 15.5 Å². The second-order valence-corrected chi connectivity index (χ2v) is 5.63. The second kappa shape index (κ2) is 7.21. The minimum Gasteiger partial charge on any atom is -0.352 e. The summed E-state index contributed by atoms with van der Waals surface area (Å²) < 4.78 is 0. The summed E-state index contributed by atoms with van der Waals surface area (Å²) in [6.07, 6.45) is 3.48. The van der Waals surface area contributed by atoms with Gasteiger partial charge < -0.3 is 10.2 Å². The van der Waals surface area contributed by atoms with Gasteiger partial charge in [-0.3, -0.25) is 4.79 Å². The fraction of sp³-hybridized carbons (Fsp3) is 0.625. The number of rotatable bonds is 4. The van der Waals surface area contributed by atoms with Crippen LogP contribution in [0, 0.1) is 11.3 Å². The summed E-state index contributed by atoms with van der Waals surface area (Å²) in [5.41, 5.74) is 2.53. The zero-order chi connectivity index (χ0) is 16.1. The Bertz CT molecular complexity index is 593. The number of aromatic nitrogens is 2. The molecule has 1 atom stereocenters. The topological polar surface area (TPSA) is 81.9 Å². The third-order valence-electron chi connectivity index (χ3n) is 4.07. The van der Waals surface area contributed by atoms with Gasteiger partial charge in [-0.2, -0.15) is 10.4 Å². The van der Waals surface area contributed by atoms with Crippen LogP contribution in [-0.2, 0) is 17.6 Å². The number of amides is 1. The molecule has 0 saturated carbocycles. The Kier molecular flexibility index (Phi) is 5.31. The predicted molar refractivity (Wildman–Crippen MR) is 84.6 cm³/mol. The van der Waals surface area contributed by atoms with E-state index in [1.165, 1.54) is 6.92 Å². The predicted octanol–water partition coefficient (Wildman–Crippen LogP) is 1.58. The molecule has 6 nitrogen and oxygen atoms in total. The van der Waals surface area contributed by atoms with E-state index in [4.69, 9.17) is 0 Å². The molecular weight excluding hydrogens is 278 g/mol. The van der Waals surface area contributed by atoms with Crippen LogP contribution in [0.3, 0.4) is 0 Å². The summed E-state index contributed by atoms with van der Waals surface area (Å²) in [5, 5.41) is 21.2. The molecule has 0 spiro atoms. The van der Waals surface area contributed by atoms with E-state index in [-0.39, 0.29) is 11.9 Å². The van der Waals surface area contributed by atoms with Crippen molar-refractivity contribution in [3.05, 3.63) is 16.8 Å². The van der Waals surface area contributed by atoms with Crippen LogP contribution in [0.15, 0.2) is 0 Å². The highest BCUT2D eigenvalue weighted by molar-refractivity contribution is 5.73. The highest BCUT2D eigenvalue weighted by atomic mass is 16.1. The molecule has 0 aliphatic carbocycles. The lowest BCUT2D eigenvalue weighted by molar-refractivity contribution is -0.119. The van der Waals surface area contributed by atoms with Crippen LogP contribution in [0.1, 0.15) is 50.4 Å². The lowest BCUT2D eigenvalue weighted by Gasteiger charge is -2.34. The van der Waals surface area contributed by atoms with Gasteiger partial charge in [-0.05, 0) is 31.2 Å². The third kappa shape index (κ3) is 3.35.